The highest BCUT2D eigenvalue weighted by Gasteiger charge is 2.05. The third kappa shape index (κ3) is 4.87. The molecule has 2 amide bonds. The van der Waals surface area contributed by atoms with E-state index in [1.165, 1.54) is 0 Å². The van der Waals surface area contributed by atoms with Gasteiger partial charge in [0.2, 0.25) is 0 Å². The largest absolute Gasteiger partial charge is 0.340 e. The van der Waals surface area contributed by atoms with Crippen LogP contribution in [0.2, 0.25) is 0 Å². The van der Waals surface area contributed by atoms with Crippen LogP contribution in [0, 0.1) is 5.92 Å². The number of rotatable bonds is 5. The van der Waals surface area contributed by atoms with Crippen molar-refractivity contribution in [1.29, 1.82) is 0 Å². The van der Waals surface area contributed by atoms with E-state index in [9.17, 15) is 4.79 Å². The summed E-state index contributed by atoms with van der Waals surface area (Å²) < 4.78 is 1.83. The first-order valence-electron chi connectivity index (χ1n) is 6.85. The van der Waals surface area contributed by atoms with E-state index in [1.54, 1.807) is 18.7 Å². The number of urea groups is 1. The highest BCUT2D eigenvalue weighted by Crippen LogP contribution is 2.06. The summed E-state index contributed by atoms with van der Waals surface area (Å²) >= 11 is 0. The summed E-state index contributed by atoms with van der Waals surface area (Å²) in [4.78, 5) is 24.3. The molecule has 0 bridgehead atoms. The molecule has 112 valence electrons. The number of amides is 2. The minimum atomic E-state index is -0.305. The van der Waals surface area contributed by atoms with Gasteiger partial charge in [0.05, 0.1) is 36.6 Å². The van der Waals surface area contributed by atoms with Crippen molar-refractivity contribution in [2.75, 3.05) is 5.32 Å². The molecule has 0 radical (unpaired) electrons. The summed E-state index contributed by atoms with van der Waals surface area (Å²) in [6.45, 7) is 4.60. The molecule has 21 heavy (non-hydrogen) atoms. The maximum absolute atomic E-state index is 11.7. The molecular weight excluding hydrogens is 268 g/mol. The SMILES string of the molecule is CC(C)Cc1ncc(NC(=O)NCc2cn(C)cn2)cn1. The average molecular weight is 288 g/mol. The van der Waals surface area contributed by atoms with Crippen LogP contribution in [0.1, 0.15) is 25.4 Å². The summed E-state index contributed by atoms with van der Waals surface area (Å²) in [5.41, 5.74) is 1.37. The molecule has 0 aliphatic carbocycles. The van der Waals surface area contributed by atoms with Gasteiger partial charge in [0.25, 0.3) is 0 Å². The van der Waals surface area contributed by atoms with Crippen LogP contribution in [0.5, 0.6) is 0 Å². The van der Waals surface area contributed by atoms with E-state index in [4.69, 9.17) is 0 Å². The Labute approximate surface area is 123 Å². The second-order valence-electron chi connectivity index (χ2n) is 5.32. The maximum atomic E-state index is 11.7. The quantitative estimate of drug-likeness (QED) is 0.877. The van der Waals surface area contributed by atoms with Crippen molar-refractivity contribution < 1.29 is 4.79 Å². The molecule has 0 saturated carbocycles. The zero-order valence-corrected chi connectivity index (χ0v) is 12.5. The third-order valence-electron chi connectivity index (χ3n) is 2.74. The fourth-order valence-electron chi connectivity index (χ4n) is 1.79. The Morgan fingerprint density at radius 2 is 2.00 bits per heavy atom. The number of carbonyl (C=O) groups is 1. The van der Waals surface area contributed by atoms with Crippen molar-refractivity contribution in [3.63, 3.8) is 0 Å². The van der Waals surface area contributed by atoms with Gasteiger partial charge in [-0.1, -0.05) is 13.8 Å². The van der Waals surface area contributed by atoms with Crippen LogP contribution in [0.4, 0.5) is 10.5 Å². The van der Waals surface area contributed by atoms with Gasteiger partial charge in [-0.25, -0.2) is 19.7 Å². The third-order valence-corrected chi connectivity index (χ3v) is 2.74. The van der Waals surface area contributed by atoms with Crippen LogP contribution in [-0.4, -0.2) is 25.6 Å². The van der Waals surface area contributed by atoms with Gasteiger partial charge in [0.1, 0.15) is 5.82 Å². The second kappa shape index (κ2) is 6.83. The fraction of sp³-hybridized carbons (Fsp3) is 0.429. The fourth-order valence-corrected chi connectivity index (χ4v) is 1.79. The predicted molar refractivity (Wildman–Crippen MR) is 79.6 cm³/mol. The Morgan fingerprint density at radius 1 is 1.29 bits per heavy atom. The molecule has 2 rings (SSSR count). The number of anilines is 1. The molecule has 0 aliphatic heterocycles. The van der Waals surface area contributed by atoms with E-state index < -0.39 is 0 Å². The van der Waals surface area contributed by atoms with Crippen LogP contribution in [0.15, 0.2) is 24.9 Å². The van der Waals surface area contributed by atoms with Crippen LogP contribution >= 0.6 is 0 Å². The lowest BCUT2D eigenvalue weighted by atomic mass is 10.1. The first kappa shape index (κ1) is 15.0. The molecule has 0 fully saturated rings. The lowest BCUT2D eigenvalue weighted by Crippen LogP contribution is -2.28. The van der Waals surface area contributed by atoms with Crippen LogP contribution in [0.3, 0.4) is 0 Å². The summed E-state index contributed by atoms with van der Waals surface area (Å²) in [5.74, 6) is 1.29. The molecule has 2 N–H and O–H groups in total. The number of hydrogen-bond donors (Lipinski definition) is 2. The van der Waals surface area contributed by atoms with Gasteiger partial charge in [0.15, 0.2) is 0 Å². The van der Waals surface area contributed by atoms with Crippen LogP contribution < -0.4 is 10.6 Å². The van der Waals surface area contributed by atoms with E-state index in [0.29, 0.717) is 18.2 Å². The van der Waals surface area contributed by atoms with Gasteiger partial charge in [0, 0.05) is 19.7 Å². The van der Waals surface area contributed by atoms with Gasteiger partial charge in [-0.15, -0.1) is 0 Å². The topological polar surface area (TPSA) is 84.7 Å². The molecule has 0 spiro atoms. The van der Waals surface area contributed by atoms with Crippen LogP contribution in [-0.2, 0) is 20.0 Å². The number of aryl methyl sites for hydroxylation is 1. The Hall–Kier alpha value is -2.44. The zero-order valence-electron chi connectivity index (χ0n) is 12.5. The maximum Gasteiger partial charge on any atom is 0.319 e. The van der Waals surface area contributed by atoms with Crippen LogP contribution in [0.25, 0.3) is 0 Å². The second-order valence-corrected chi connectivity index (χ2v) is 5.32. The van der Waals surface area contributed by atoms with Gasteiger partial charge < -0.3 is 15.2 Å². The lowest BCUT2D eigenvalue weighted by Gasteiger charge is -2.07. The van der Waals surface area contributed by atoms with E-state index in [-0.39, 0.29) is 6.03 Å². The molecule has 0 unspecified atom stereocenters. The van der Waals surface area contributed by atoms with Crippen molar-refractivity contribution in [2.45, 2.75) is 26.8 Å². The van der Waals surface area contributed by atoms with Crippen molar-refractivity contribution in [3.8, 4) is 0 Å². The van der Waals surface area contributed by atoms with Gasteiger partial charge in [-0.2, -0.15) is 0 Å². The number of nitrogens with one attached hydrogen (secondary N) is 2. The number of carbonyl (C=O) groups excluding carboxylic acids is 1. The molecule has 0 aliphatic rings. The summed E-state index contributed by atoms with van der Waals surface area (Å²) in [5, 5.41) is 5.42. The number of aromatic nitrogens is 4. The molecular formula is C14H20N6O. The molecule has 7 heteroatoms. The van der Waals surface area contributed by atoms with E-state index in [0.717, 1.165) is 17.9 Å². The summed E-state index contributed by atoms with van der Waals surface area (Å²) in [6.07, 6.45) is 7.60. The monoisotopic (exact) mass is 288 g/mol. The van der Waals surface area contributed by atoms with Gasteiger partial charge in [-0.05, 0) is 5.92 Å². The van der Waals surface area contributed by atoms with E-state index in [2.05, 4.69) is 39.4 Å². The Bertz CT molecular complexity index is 590. The average Bonchev–Trinajstić information content (AvgIpc) is 2.84. The molecule has 7 nitrogen and oxygen atoms in total. The minimum Gasteiger partial charge on any atom is -0.340 e. The van der Waals surface area contributed by atoms with Gasteiger partial charge in [-0.3, -0.25) is 0 Å². The van der Waals surface area contributed by atoms with Crippen molar-refractivity contribution >= 4 is 11.7 Å². The van der Waals surface area contributed by atoms with E-state index >= 15 is 0 Å². The standard InChI is InChI=1S/C14H20N6O/c1-10(2)4-13-15-5-11(6-16-13)19-14(21)17-7-12-8-20(3)9-18-12/h5-6,8-10H,4,7H2,1-3H3,(H2,17,19,21). The highest BCUT2D eigenvalue weighted by atomic mass is 16.2. The molecule has 2 heterocycles. The van der Waals surface area contributed by atoms with Gasteiger partial charge >= 0.3 is 6.03 Å². The normalized spacial score (nSPS) is 10.7. The lowest BCUT2D eigenvalue weighted by molar-refractivity contribution is 0.251. The minimum absolute atomic E-state index is 0.305. The van der Waals surface area contributed by atoms with Crippen molar-refractivity contribution in [2.24, 2.45) is 13.0 Å². The Kier molecular flexibility index (Phi) is 4.86. The smallest absolute Gasteiger partial charge is 0.319 e. The number of nitrogens with zero attached hydrogens (tertiary/aromatic N) is 4. The zero-order chi connectivity index (χ0) is 15.2. The van der Waals surface area contributed by atoms with E-state index in [1.807, 2.05) is 17.8 Å². The number of hydrogen-bond acceptors (Lipinski definition) is 4. The highest BCUT2D eigenvalue weighted by molar-refractivity contribution is 5.88. The first-order valence-corrected chi connectivity index (χ1v) is 6.85. The molecule has 0 saturated heterocycles. The Balaban J connectivity index is 1.82. The molecule has 0 aromatic carbocycles. The molecule has 2 aromatic heterocycles. The molecule has 2 aromatic rings. The Morgan fingerprint density at radius 3 is 2.57 bits per heavy atom. The molecule has 0 atom stereocenters. The predicted octanol–water partition coefficient (Wildman–Crippen LogP) is 1.73. The number of imidazole rings is 1. The van der Waals surface area contributed by atoms with Crippen molar-refractivity contribution in [3.05, 3.63) is 36.4 Å². The summed E-state index contributed by atoms with van der Waals surface area (Å²) in [7, 11) is 1.88. The summed E-state index contributed by atoms with van der Waals surface area (Å²) in [6, 6.07) is -0.305. The first-order chi connectivity index (χ1) is 10.0. The van der Waals surface area contributed by atoms with Crippen molar-refractivity contribution in [1.82, 2.24) is 24.8 Å².